The monoisotopic (exact) mass is 412 g/mol. The van der Waals surface area contributed by atoms with Crippen molar-refractivity contribution in [3.63, 3.8) is 0 Å². The maximum Gasteiger partial charge on any atom is 0.339 e. The minimum absolute atomic E-state index is 0.260. The minimum atomic E-state index is -0.260. The highest BCUT2D eigenvalue weighted by Crippen LogP contribution is 2.32. The summed E-state index contributed by atoms with van der Waals surface area (Å²) in [5, 5.41) is 0. The number of carbonyl (C=O) groups is 1. The molecule has 0 amide bonds. The van der Waals surface area contributed by atoms with Crippen molar-refractivity contribution in [3.05, 3.63) is 57.2 Å². The Morgan fingerprint density at radius 1 is 1.14 bits per heavy atom. The van der Waals surface area contributed by atoms with Gasteiger partial charge in [0.1, 0.15) is 0 Å². The average molecular weight is 412 g/mol. The third kappa shape index (κ3) is 4.48. The third-order valence-electron chi connectivity index (χ3n) is 3.00. The van der Waals surface area contributed by atoms with Crippen LogP contribution < -0.4 is 0 Å². The van der Waals surface area contributed by atoms with Crippen molar-refractivity contribution in [1.29, 1.82) is 0 Å². The lowest BCUT2D eigenvalue weighted by atomic mass is 10.2. The van der Waals surface area contributed by atoms with E-state index in [2.05, 4.69) is 53.8 Å². The summed E-state index contributed by atoms with van der Waals surface area (Å²) in [6.07, 6.45) is 1.03. The van der Waals surface area contributed by atoms with Crippen molar-refractivity contribution in [2.75, 3.05) is 6.61 Å². The molecule has 0 heterocycles. The van der Waals surface area contributed by atoms with E-state index >= 15 is 0 Å². The van der Waals surface area contributed by atoms with Crippen molar-refractivity contribution in [2.45, 2.75) is 30.1 Å². The van der Waals surface area contributed by atoms with Crippen LogP contribution in [0.2, 0.25) is 0 Å². The summed E-state index contributed by atoms with van der Waals surface area (Å²) in [4.78, 5) is 14.1. The normalized spacial score (nSPS) is 10.4. The summed E-state index contributed by atoms with van der Waals surface area (Å²) in [6, 6.07) is 14.3. The maximum absolute atomic E-state index is 12.1. The molecule has 2 nitrogen and oxygen atoms in total. The molecule has 2 aromatic carbocycles. The lowest BCUT2D eigenvalue weighted by Gasteiger charge is -2.09. The molecule has 0 fully saturated rings. The number of esters is 1. The van der Waals surface area contributed by atoms with Crippen LogP contribution in [0.1, 0.15) is 29.8 Å². The molecule has 0 aliphatic rings. The molecule has 21 heavy (non-hydrogen) atoms. The average Bonchev–Trinajstić information content (AvgIpc) is 2.50. The molecule has 0 unspecified atom stereocenters. The van der Waals surface area contributed by atoms with E-state index in [1.54, 1.807) is 11.8 Å². The van der Waals surface area contributed by atoms with Gasteiger partial charge in [0.15, 0.2) is 0 Å². The van der Waals surface area contributed by atoms with Gasteiger partial charge in [-0.15, -0.1) is 0 Å². The Morgan fingerprint density at radius 3 is 2.48 bits per heavy atom. The zero-order valence-electron chi connectivity index (χ0n) is 12.1. The van der Waals surface area contributed by atoms with E-state index in [0.717, 1.165) is 19.8 Å². The Labute approximate surface area is 143 Å². The number of halogens is 1. The van der Waals surface area contributed by atoms with E-state index < -0.39 is 0 Å². The molecule has 0 aliphatic carbocycles. The van der Waals surface area contributed by atoms with Gasteiger partial charge in [-0.25, -0.2) is 4.79 Å². The summed E-state index contributed by atoms with van der Waals surface area (Å²) in [5.74, 6) is -0.260. The van der Waals surface area contributed by atoms with Gasteiger partial charge in [0.25, 0.3) is 0 Å². The van der Waals surface area contributed by atoms with Crippen molar-refractivity contribution in [2.24, 2.45) is 0 Å². The predicted octanol–water partition coefficient (Wildman–Crippen LogP) is 5.18. The highest BCUT2D eigenvalue weighted by atomic mass is 127. The molecular formula is C17H17IO2S. The molecule has 0 spiro atoms. The van der Waals surface area contributed by atoms with Gasteiger partial charge < -0.3 is 4.74 Å². The fourth-order valence-electron chi connectivity index (χ4n) is 1.88. The first-order valence-corrected chi connectivity index (χ1v) is 8.77. The largest absolute Gasteiger partial charge is 0.462 e. The second-order valence-corrected chi connectivity index (χ2v) is 6.82. The fraction of sp³-hybridized carbons (Fsp3) is 0.235. The van der Waals surface area contributed by atoms with Crippen LogP contribution in [0.3, 0.4) is 0 Å². The van der Waals surface area contributed by atoms with E-state index in [9.17, 15) is 4.79 Å². The minimum Gasteiger partial charge on any atom is -0.462 e. The molecule has 0 radical (unpaired) electrons. The van der Waals surface area contributed by atoms with Crippen molar-refractivity contribution in [1.82, 2.24) is 0 Å². The number of ether oxygens (including phenoxy) is 1. The SMILES string of the molecule is CCOC(=O)c1cc(I)ccc1Sc1ccc(CC)cc1. The van der Waals surface area contributed by atoms with Crippen molar-refractivity contribution < 1.29 is 9.53 Å². The third-order valence-corrected chi connectivity index (χ3v) is 4.75. The lowest BCUT2D eigenvalue weighted by Crippen LogP contribution is -2.06. The molecule has 2 aromatic rings. The van der Waals surface area contributed by atoms with Crippen LogP contribution in [0.25, 0.3) is 0 Å². The first-order valence-electron chi connectivity index (χ1n) is 6.87. The smallest absolute Gasteiger partial charge is 0.339 e. The first kappa shape index (κ1) is 16.4. The molecule has 2 rings (SSSR count). The van der Waals surface area contributed by atoms with Crippen LogP contribution in [0.5, 0.6) is 0 Å². The Kier molecular flexibility index (Phi) is 6.11. The lowest BCUT2D eigenvalue weighted by molar-refractivity contribution is 0.0522. The molecule has 0 saturated heterocycles. The van der Waals surface area contributed by atoms with E-state index in [0.29, 0.717) is 12.2 Å². The summed E-state index contributed by atoms with van der Waals surface area (Å²) >= 11 is 3.80. The number of hydrogen-bond acceptors (Lipinski definition) is 3. The van der Waals surface area contributed by atoms with Gasteiger partial charge in [0, 0.05) is 13.4 Å². The summed E-state index contributed by atoms with van der Waals surface area (Å²) in [5.41, 5.74) is 1.95. The van der Waals surface area contributed by atoms with E-state index in [1.807, 2.05) is 25.1 Å². The highest BCUT2D eigenvalue weighted by Gasteiger charge is 2.14. The van der Waals surface area contributed by atoms with Crippen LogP contribution in [0.4, 0.5) is 0 Å². The van der Waals surface area contributed by atoms with Crippen molar-refractivity contribution >= 4 is 40.3 Å². The van der Waals surface area contributed by atoms with E-state index in [1.165, 1.54) is 5.56 Å². The molecule has 0 bridgehead atoms. The molecule has 0 atom stereocenters. The molecular weight excluding hydrogens is 395 g/mol. The van der Waals surface area contributed by atoms with Gasteiger partial charge in [0.05, 0.1) is 12.2 Å². The molecule has 4 heteroatoms. The second-order valence-electron chi connectivity index (χ2n) is 4.46. The highest BCUT2D eigenvalue weighted by molar-refractivity contribution is 14.1. The van der Waals surface area contributed by atoms with Gasteiger partial charge in [-0.1, -0.05) is 30.8 Å². The van der Waals surface area contributed by atoms with Crippen molar-refractivity contribution in [3.8, 4) is 0 Å². The zero-order chi connectivity index (χ0) is 15.2. The molecule has 0 saturated carbocycles. The second kappa shape index (κ2) is 7.84. The fourth-order valence-corrected chi connectivity index (χ4v) is 3.29. The number of hydrogen-bond donors (Lipinski definition) is 0. The molecule has 110 valence electrons. The van der Waals surface area contributed by atoms with E-state index in [-0.39, 0.29) is 5.97 Å². The summed E-state index contributed by atoms with van der Waals surface area (Å²) < 4.78 is 6.17. The molecule has 0 aromatic heterocycles. The quantitative estimate of drug-likeness (QED) is 0.500. The van der Waals surface area contributed by atoms with Gasteiger partial charge in [-0.3, -0.25) is 0 Å². The predicted molar refractivity (Wildman–Crippen MR) is 95.1 cm³/mol. The topological polar surface area (TPSA) is 26.3 Å². The van der Waals surface area contributed by atoms with Crippen LogP contribution >= 0.6 is 34.4 Å². The first-order chi connectivity index (χ1) is 10.1. The van der Waals surface area contributed by atoms with Crippen LogP contribution in [-0.4, -0.2) is 12.6 Å². The Morgan fingerprint density at radius 2 is 1.86 bits per heavy atom. The Balaban J connectivity index is 2.27. The van der Waals surface area contributed by atoms with Gasteiger partial charge >= 0.3 is 5.97 Å². The standard InChI is InChI=1S/C17H17IO2S/c1-3-12-5-8-14(9-6-12)21-16-10-7-13(18)11-15(16)17(19)20-4-2/h5-11H,3-4H2,1-2H3. The maximum atomic E-state index is 12.1. The van der Waals surface area contributed by atoms with Gasteiger partial charge in [0.2, 0.25) is 0 Å². The van der Waals surface area contributed by atoms with Crippen LogP contribution in [0.15, 0.2) is 52.3 Å². The van der Waals surface area contributed by atoms with Crippen LogP contribution in [-0.2, 0) is 11.2 Å². The number of rotatable bonds is 5. The molecule has 0 aliphatic heterocycles. The summed E-state index contributed by atoms with van der Waals surface area (Å²) in [6.45, 7) is 4.35. The number of carbonyl (C=O) groups excluding carboxylic acids is 1. The Bertz CT molecular complexity index is 623. The number of benzene rings is 2. The zero-order valence-corrected chi connectivity index (χ0v) is 15.0. The summed E-state index contributed by atoms with van der Waals surface area (Å²) in [7, 11) is 0. The Hall–Kier alpha value is -1.01. The van der Waals surface area contributed by atoms with E-state index in [4.69, 9.17) is 4.74 Å². The van der Waals surface area contributed by atoms with Gasteiger partial charge in [-0.05, 0) is 71.8 Å². The molecule has 0 N–H and O–H groups in total. The van der Waals surface area contributed by atoms with Gasteiger partial charge in [-0.2, -0.15) is 0 Å². The number of aryl methyl sites for hydroxylation is 1. The van der Waals surface area contributed by atoms with Crippen LogP contribution in [0, 0.1) is 3.57 Å².